The van der Waals surface area contributed by atoms with Gasteiger partial charge in [-0.05, 0) is 30.5 Å². The molecule has 0 amide bonds. The lowest BCUT2D eigenvalue weighted by Crippen LogP contribution is -2.24. The van der Waals surface area contributed by atoms with Gasteiger partial charge in [0.1, 0.15) is 0 Å². The van der Waals surface area contributed by atoms with E-state index in [4.69, 9.17) is 4.74 Å². The van der Waals surface area contributed by atoms with Gasteiger partial charge in [-0.25, -0.2) is 0 Å². The van der Waals surface area contributed by atoms with Gasteiger partial charge < -0.3 is 15.0 Å². The molecule has 0 bridgehead atoms. The summed E-state index contributed by atoms with van der Waals surface area (Å²) >= 11 is 3.56. The van der Waals surface area contributed by atoms with E-state index in [1.165, 1.54) is 24.1 Å². The van der Waals surface area contributed by atoms with E-state index >= 15 is 0 Å². The second-order valence-electron chi connectivity index (χ2n) is 4.78. The van der Waals surface area contributed by atoms with E-state index in [1.54, 1.807) is 7.11 Å². The van der Waals surface area contributed by atoms with Gasteiger partial charge in [0.15, 0.2) is 0 Å². The maximum Gasteiger partial charge on any atom is 0.0587 e. The average Bonchev–Trinajstić information content (AvgIpc) is 3.19. The summed E-state index contributed by atoms with van der Waals surface area (Å²) in [5.41, 5.74) is 2.68. The monoisotopic (exact) mass is 312 g/mol. The Balaban J connectivity index is 2.03. The zero-order valence-corrected chi connectivity index (χ0v) is 12.7. The van der Waals surface area contributed by atoms with Gasteiger partial charge in [0.25, 0.3) is 0 Å². The van der Waals surface area contributed by atoms with Crippen LogP contribution in [0, 0.1) is 0 Å². The average molecular weight is 313 g/mol. The van der Waals surface area contributed by atoms with Crippen molar-refractivity contribution in [3.63, 3.8) is 0 Å². The van der Waals surface area contributed by atoms with Crippen molar-refractivity contribution in [2.24, 2.45) is 0 Å². The van der Waals surface area contributed by atoms with Gasteiger partial charge >= 0.3 is 0 Å². The molecular weight excluding hydrogens is 292 g/mol. The molecule has 0 aliphatic heterocycles. The summed E-state index contributed by atoms with van der Waals surface area (Å²) in [5, 5.41) is 3.41. The van der Waals surface area contributed by atoms with Gasteiger partial charge in [-0.3, -0.25) is 0 Å². The van der Waals surface area contributed by atoms with E-state index in [1.807, 2.05) is 0 Å². The van der Waals surface area contributed by atoms with Crippen LogP contribution in [0.1, 0.15) is 18.4 Å². The fourth-order valence-electron chi connectivity index (χ4n) is 2.07. The fraction of sp³-hybridized carbons (Fsp3) is 0.571. The van der Waals surface area contributed by atoms with Crippen LogP contribution < -0.4 is 10.2 Å². The number of anilines is 1. The normalized spacial score (nSPS) is 14.8. The largest absolute Gasteiger partial charge is 0.383 e. The van der Waals surface area contributed by atoms with Crippen LogP contribution in [0.2, 0.25) is 0 Å². The molecule has 0 radical (unpaired) electrons. The number of halogens is 1. The molecule has 1 aliphatic rings. The first-order valence-electron chi connectivity index (χ1n) is 6.43. The summed E-state index contributed by atoms with van der Waals surface area (Å²) in [6.45, 7) is 2.53. The van der Waals surface area contributed by atoms with Crippen molar-refractivity contribution in [1.29, 1.82) is 0 Å². The van der Waals surface area contributed by atoms with Gasteiger partial charge in [0.2, 0.25) is 0 Å². The third-order valence-corrected chi connectivity index (χ3v) is 3.81. The smallest absolute Gasteiger partial charge is 0.0587 e. The molecule has 1 saturated carbocycles. The summed E-state index contributed by atoms with van der Waals surface area (Å²) in [6, 6.07) is 7.25. The highest BCUT2D eigenvalue weighted by atomic mass is 79.9. The summed E-state index contributed by atoms with van der Waals surface area (Å²) in [6.07, 6.45) is 2.64. The fourth-order valence-corrected chi connectivity index (χ4v) is 2.42. The minimum absolute atomic E-state index is 0.733. The predicted molar refractivity (Wildman–Crippen MR) is 79.1 cm³/mol. The molecule has 0 unspecified atom stereocenters. The summed E-state index contributed by atoms with van der Waals surface area (Å²) in [5.74, 6) is 0. The molecule has 2 rings (SSSR count). The Hall–Kier alpha value is -0.580. The third kappa shape index (κ3) is 3.70. The number of hydrogen-bond acceptors (Lipinski definition) is 3. The van der Waals surface area contributed by atoms with Gasteiger partial charge in [-0.1, -0.05) is 22.0 Å². The number of hydrogen-bond donors (Lipinski definition) is 1. The van der Waals surface area contributed by atoms with Gasteiger partial charge in [0, 0.05) is 43.4 Å². The maximum atomic E-state index is 5.04. The van der Waals surface area contributed by atoms with Crippen molar-refractivity contribution < 1.29 is 4.74 Å². The van der Waals surface area contributed by atoms with Crippen LogP contribution in [0.15, 0.2) is 22.7 Å². The van der Waals surface area contributed by atoms with Gasteiger partial charge in [-0.2, -0.15) is 0 Å². The molecule has 0 aromatic heterocycles. The standard InChI is InChI=1S/C14H21BrN2O/c1-17(13-5-6-13)14-9-12(15)4-3-11(14)10-16-7-8-18-2/h3-4,9,13,16H,5-8,10H2,1-2H3. The molecule has 4 heteroatoms. The number of rotatable bonds is 7. The molecule has 1 aliphatic carbocycles. The van der Waals surface area contributed by atoms with Crippen molar-refractivity contribution in [2.45, 2.75) is 25.4 Å². The Kier molecular flexibility index (Phi) is 5.03. The SMILES string of the molecule is COCCNCc1ccc(Br)cc1N(C)C1CC1. The van der Waals surface area contributed by atoms with Crippen molar-refractivity contribution in [2.75, 3.05) is 32.2 Å². The van der Waals surface area contributed by atoms with Crippen molar-refractivity contribution in [3.05, 3.63) is 28.2 Å². The number of methoxy groups -OCH3 is 1. The lowest BCUT2D eigenvalue weighted by atomic mass is 10.1. The van der Waals surface area contributed by atoms with Crippen LogP contribution in [0.25, 0.3) is 0 Å². The first-order valence-corrected chi connectivity index (χ1v) is 7.22. The predicted octanol–water partition coefficient (Wildman–Crippen LogP) is 2.78. The Labute approximate surface area is 118 Å². The van der Waals surface area contributed by atoms with Crippen LogP contribution >= 0.6 is 15.9 Å². The lowest BCUT2D eigenvalue weighted by Gasteiger charge is -2.22. The lowest BCUT2D eigenvalue weighted by molar-refractivity contribution is 0.199. The Bertz CT molecular complexity index is 393. The van der Waals surface area contributed by atoms with Crippen LogP contribution in [0.3, 0.4) is 0 Å². The maximum absolute atomic E-state index is 5.04. The van der Waals surface area contributed by atoms with E-state index in [0.717, 1.165) is 30.2 Å². The third-order valence-electron chi connectivity index (χ3n) is 3.32. The van der Waals surface area contributed by atoms with Crippen LogP contribution in [0.5, 0.6) is 0 Å². The van der Waals surface area contributed by atoms with Crippen molar-refractivity contribution in [3.8, 4) is 0 Å². The van der Waals surface area contributed by atoms with E-state index in [-0.39, 0.29) is 0 Å². The summed E-state index contributed by atoms with van der Waals surface area (Å²) in [7, 11) is 3.92. The van der Waals surface area contributed by atoms with E-state index < -0.39 is 0 Å². The summed E-state index contributed by atoms with van der Waals surface area (Å²) < 4.78 is 6.19. The zero-order chi connectivity index (χ0) is 13.0. The highest BCUT2D eigenvalue weighted by molar-refractivity contribution is 9.10. The number of ether oxygens (including phenoxy) is 1. The molecule has 3 nitrogen and oxygen atoms in total. The van der Waals surface area contributed by atoms with Crippen LogP contribution in [0.4, 0.5) is 5.69 Å². The molecule has 1 aromatic carbocycles. The van der Waals surface area contributed by atoms with E-state index in [2.05, 4.69) is 51.4 Å². The van der Waals surface area contributed by atoms with Crippen molar-refractivity contribution in [1.82, 2.24) is 5.32 Å². The molecule has 1 N–H and O–H groups in total. The Morgan fingerprint density at radius 2 is 2.22 bits per heavy atom. The topological polar surface area (TPSA) is 24.5 Å². The quantitative estimate of drug-likeness (QED) is 0.784. The molecule has 1 fully saturated rings. The molecule has 0 atom stereocenters. The molecule has 0 saturated heterocycles. The first-order chi connectivity index (χ1) is 8.72. The van der Waals surface area contributed by atoms with Crippen molar-refractivity contribution >= 4 is 21.6 Å². The van der Waals surface area contributed by atoms with E-state index in [9.17, 15) is 0 Å². The van der Waals surface area contributed by atoms with Gasteiger partial charge in [-0.15, -0.1) is 0 Å². The highest BCUT2D eigenvalue weighted by Gasteiger charge is 2.27. The second-order valence-corrected chi connectivity index (χ2v) is 5.70. The zero-order valence-electron chi connectivity index (χ0n) is 11.1. The summed E-state index contributed by atoms with van der Waals surface area (Å²) in [4.78, 5) is 2.40. The second kappa shape index (κ2) is 6.55. The number of nitrogens with one attached hydrogen (secondary N) is 1. The van der Waals surface area contributed by atoms with Crippen LogP contribution in [-0.2, 0) is 11.3 Å². The van der Waals surface area contributed by atoms with E-state index in [0.29, 0.717) is 0 Å². The highest BCUT2D eigenvalue weighted by Crippen LogP contribution is 2.33. The molecule has 100 valence electrons. The van der Waals surface area contributed by atoms with Crippen LogP contribution in [-0.4, -0.2) is 33.4 Å². The number of benzene rings is 1. The molecular formula is C14H21BrN2O. The molecule has 1 aromatic rings. The molecule has 0 heterocycles. The number of nitrogens with zero attached hydrogens (tertiary/aromatic N) is 1. The Morgan fingerprint density at radius 3 is 2.89 bits per heavy atom. The molecule has 0 spiro atoms. The first kappa shape index (κ1) is 13.8. The Morgan fingerprint density at radius 1 is 1.44 bits per heavy atom. The minimum Gasteiger partial charge on any atom is -0.383 e. The minimum atomic E-state index is 0.733. The molecule has 18 heavy (non-hydrogen) atoms. The van der Waals surface area contributed by atoms with Gasteiger partial charge in [0.05, 0.1) is 6.61 Å².